The minimum absolute atomic E-state index is 0.0314. The number of hydrogen-bond acceptors (Lipinski definition) is 5. The van der Waals surface area contributed by atoms with Crippen LogP contribution in [-0.4, -0.2) is 53.8 Å². The van der Waals surface area contributed by atoms with Crippen molar-refractivity contribution in [3.05, 3.63) is 89.6 Å². The number of ketones is 2. The molecule has 1 aliphatic heterocycles. The Morgan fingerprint density at radius 2 is 1.50 bits per heavy atom. The van der Waals surface area contributed by atoms with Crippen molar-refractivity contribution in [2.24, 2.45) is 5.41 Å². The zero-order chi connectivity index (χ0) is 27.9. The number of ether oxygens (including phenoxy) is 1. The van der Waals surface area contributed by atoms with Crippen LogP contribution in [0.1, 0.15) is 34.3 Å². The molecule has 0 amide bonds. The van der Waals surface area contributed by atoms with Crippen LogP contribution in [-0.2, 0) is 22.4 Å². The van der Waals surface area contributed by atoms with Gasteiger partial charge in [-0.05, 0) is 72.5 Å². The third kappa shape index (κ3) is 5.01. The predicted octanol–water partition coefficient (Wildman–Crippen LogP) is 5.74. The largest absolute Gasteiger partial charge is 0.401 e. The molecule has 1 saturated carbocycles. The molecule has 0 bridgehead atoms. The number of alkyl halides is 3. The van der Waals surface area contributed by atoms with E-state index in [9.17, 15) is 22.8 Å². The summed E-state index contributed by atoms with van der Waals surface area (Å²) in [4.78, 5) is 27.5. The average Bonchev–Trinajstić information content (AvgIpc) is 3.69. The van der Waals surface area contributed by atoms with E-state index in [0.717, 1.165) is 40.9 Å². The lowest BCUT2D eigenvalue weighted by molar-refractivity contribution is -0.190. The van der Waals surface area contributed by atoms with Crippen molar-refractivity contribution in [2.75, 3.05) is 31.2 Å². The fourth-order valence-corrected chi connectivity index (χ4v) is 5.32. The summed E-state index contributed by atoms with van der Waals surface area (Å²) in [5.74, 6) is -0.740. The molecule has 206 valence electrons. The second kappa shape index (κ2) is 10.2. The summed E-state index contributed by atoms with van der Waals surface area (Å²) in [5.41, 5.74) is 2.57. The van der Waals surface area contributed by atoms with Crippen molar-refractivity contribution in [3.63, 3.8) is 0 Å². The van der Waals surface area contributed by atoms with Gasteiger partial charge in [0.15, 0.2) is 11.6 Å². The number of anilines is 1. The highest BCUT2D eigenvalue weighted by molar-refractivity contribution is 5.98. The smallest absolute Gasteiger partial charge is 0.378 e. The number of hydrogen-bond donors (Lipinski definition) is 0. The Morgan fingerprint density at radius 3 is 2.15 bits per heavy atom. The zero-order valence-electron chi connectivity index (χ0n) is 21.8. The van der Waals surface area contributed by atoms with Crippen LogP contribution in [0.5, 0.6) is 0 Å². The lowest BCUT2D eigenvalue weighted by atomic mass is 9.94. The summed E-state index contributed by atoms with van der Waals surface area (Å²) in [6, 6.07) is 20.3. The number of Topliss-reactive ketones (excluding diaryl/α,β-unsaturated/α-hetero) is 2. The Bertz CT molecular complexity index is 1550. The molecule has 2 fully saturated rings. The maximum absolute atomic E-state index is 13.3. The number of aromatic nitrogens is 2. The summed E-state index contributed by atoms with van der Waals surface area (Å²) in [5, 5.41) is 5.34. The Labute approximate surface area is 229 Å². The molecule has 9 heteroatoms. The van der Waals surface area contributed by atoms with Crippen molar-refractivity contribution >= 4 is 28.2 Å². The number of morpholine rings is 1. The SMILES string of the molecule is O=C(Cc1ccc2c(cnn2-c2ccc(CC(=O)C3(C(F)(F)F)CC3)cc2)c1)c1ccc(N2CCOCC2)cc1. The monoisotopic (exact) mass is 547 g/mol. The molecular weight excluding hydrogens is 519 g/mol. The Morgan fingerprint density at radius 1 is 0.850 bits per heavy atom. The Balaban J connectivity index is 1.12. The first kappa shape index (κ1) is 26.3. The van der Waals surface area contributed by atoms with E-state index in [2.05, 4.69) is 10.00 Å². The van der Waals surface area contributed by atoms with E-state index in [1.54, 1.807) is 35.1 Å². The number of halogens is 3. The van der Waals surface area contributed by atoms with Crippen LogP contribution in [0.3, 0.4) is 0 Å². The van der Waals surface area contributed by atoms with Gasteiger partial charge in [0.1, 0.15) is 5.41 Å². The molecule has 0 unspecified atom stereocenters. The van der Waals surface area contributed by atoms with Crippen molar-refractivity contribution in [1.82, 2.24) is 9.78 Å². The predicted molar refractivity (Wildman–Crippen MR) is 145 cm³/mol. The molecule has 2 heterocycles. The van der Waals surface area contributed by atoms with E-state index in [1.807, 2.05) is 42.5 Å². The van der Waals surface area contributed by atoms with Gasteiger partial charge < -0.3 is 9.64 Å². The molecule has 3 aromatic carbocycles. The van der Waals surface area contributed by atoms with Gasteiger partial charge in [0.25, 0.3) is 0 Å². The fraction of sp³-hybridized carbons (Fsp3) is 0.323. The quantitative estimate of drug-likeness (QED) is 0.263. The first-order chi connectivity index (χ1) is 19.2. The highest BCUT2D eigenvalue weighted by Crippen LogP contribution is 2.58. The highest BCUT2D eigenvalue weighted by atomic mass is 19.4. The lowest BCUT2D eigenvalue weighted by Gasteiger charge is -2.28. The molecule has 1 saturated heterocycles. The van der Waals surface area contributed by atoms with E-state index in [-0.39, 0.29) is 31.5 Å². The molecule has 1 aromatic heterocycles. The highest BCUT2D eigenvalue weighted by Gasteiger charge is 2.67. The summed E-state index contributed by atoms with van der Waals surface area (Å²) >= 11 is 0. The van der Waals surface area contributed by atoms with Crippen LogP contribution < -0.4 is 4.90 Å². The molecule has 0 radical (unpaired) electrons. The minimum atomic E-state index is -4.49. The molecule has 2 aliphatic rings. The van der Waals surface area contributed by atoms with Crippen molar-refractivity contribution in [1.29, 1.82) is 0 Å². The summed E-state index contributed by atoms with van der Waals surface area (Å²) in [7, 11) is 0. The van der Waals surface area contributed by atoms with Crippen LogP contribution in [0.15, 0.2) is 72.9 Å². The Kier molecular flexibility index (Phi) is 6.70. The number of carbonyl (C=O) groups excluding carboxylic acids is 2. The third-order valence-electron chi connectivity index (χ3n) is 7.93. The van der Waals surface area contributed by atoms with Gasteiger partial charge in [0, 0.05) is 42.6 Å². The van der Waals surface area contributed by atoms with Crippen molar-refractivity contribution < 1.29 is 27.5 Å². The molecule has 1 aliphatic carbocycles. The Hall–Kier alpha value is -3.98. The maximum Gasteiger partial charge on any atom is 0.401 e. The average molecular weight is 548 g/mol. The molecule has 4 aromatic rings. The van der Waals surface area contributed by atoms with Gasteiger partial charge in [-0.1, -0.05) is 18.2 Å². The van der Waals surface area contributed by atoms with Crippen molar-refractivity contribution in [3.8, 4) is 5.69 Å². The van der Waals surface area contributed by atoms with Gasteiger partial charge in [0.2, 0.25) is 0 Å². The molecule has 0 N–H and O–H groups in total. The first-order valence-electron chi connectivity index (χ1n) is 13.4. The van der Waals surface area contributed by atoms with Crippen LogP contribution in [0.25, 0.3) is 16.6 Å². The second-order valence-electron chi connectivity index (χ2n) is 10.5. The molecule has 0 spiro atoms. The lowest BCUT2D eigenvalue weighted by Crippen LogP contribution is -2.36. The first-order valence-corrected chi connectivity index (χ1v) is 13.4. The van der Waals surface area contributed by atoms with Gasteiger partial charge in [-0.2, -0.15) is 18.3 Å². The third-order valence-corrected chi connectivity index (χ3v) is 7.93. The van der Waals surface area contributed by atoms with Gasteiger partial charge in [0.05, 0.1) is 30.6 Å². The van der Waals surface area contributed by atoms with Crippen LogP contribution in [0, 0.1) is 5.41 Å². The van der Waals surface area contributed by atoms with E-state index in [1.165, 1.54) is 0 Å². The molecule has 40 heavy (non-hydrogen) atoms. The molecule has 0 atom stereocenters. The fourth-order valence-electron chi connectivity index (χ4n) is 5.32. The number of benzene rings is 3. The second-order valence-corrected chi connectivity index (χ2v) is 10.5. The van der Waals surface area contributed by atoms with Crippen LogP contribution >= 0.6 is 0 Å². The topological polar surface area (TPSA) is 64.4 Å². The molecular formula is C31H28F3N3O3. The van der Waals surface area contributed by atoms with E-state index in [0.29, 0.717) is 24.3 Å². The van der Waals surface area contributed by atoms with Gasteiger partial charge in [-0.15, -0.1) is 0 Å². The van der Waals surface area contributed by atoms with Gasteiger partial charge in [-0.3, -0.25) is 9.59 Å². The summed E-state index contributed by atoms with van der Waals surface area (Å²) < 4.78 is 46.9. The normalized spacial score (nSPS) is 16.7. The summed E-state index contributed by atoms with van der Waals surface area (Å²) in [6.07, 6.45) is -3.00. The number of fused-ring (bicyclic) bond motifs is 1. The van der Waals surface area contributed by atoms with Crippen LogP contribution in [0.2, 0.25) is 0 Å². The van der Waals surface area contributed by atoms with E-state index >= 15 is 0 Å². The molecule has 6 nitrogen and oxygen atoms in total. The summed E-state index contributed by atoms with van der Waals surface area (Å²) in [6.45, 7) is 3.09. The van der Waals surface area contributed by atoms with E-state index in [4.69, 9.17) is 4.74 Å². The molecule has 6 rings (SSSR count). The number of carbonyl (C=O) groups is 2. The minimum Gasteiger partial charge on any atom is -0.378 e. The van der Waals surface area contributed by atoms with Crippen LogP contribution in [0.4, 0.5) is 18.9 Å². The zero-order valence-corrected chi connectivity index (χ0v) is 21.8. The van der Waals surface area contributed by atoms with E-state index < -0.39 is 17.4 Å². The number of rotatable bonds is 8. The standard InChI is InChI=1S/C31H28F3N3O3/c32-31(33,34)30(11-12-30)29(39)19-21-1-6-26(7-2-21)37-27-10-3-22(17-24(27)20-35-37)18-28(38)23-4-8-25(9-5-23)36-13-15-40-16-14-36/h1-10,17,20H,11-16,18-19H2. The maximum atomic E-state index is 13.3. The number of nitrogens with zero attached hydrogens (tertiary/aromatic N) is 3. The van der Waals surface area contributed by atoms with Gasteiger partial charge >= 0.3 is 6.18 Å². The van der Waals surface area contributed by atoms with Crippen molar-refractivity contribution in [2.45, 2.75) is 31.9 Å². The van der Waals surface area contributed by atoms with Gasteiger partial charge in [-0.25, -0.2) is 4.68 Å².